The molecule has 1 aromatic rings. The topological polar surface area (TPSA) is 12.0 Å². The fourth-order valence-corrected chi connectivity index (χ4v) is 3.55. The van der Waals surface area contributed by atoms with Gasteiger partial charge >= 0.3 is 0 Å². The van der Waals surface area contributed by atoms with Gasteiger partial charge in [0.15, 0.2) is 0 Å². The molecule has 3 rings (SSSR count). The summed E-state index contributed by atoms with van der Waals surface area (Å²) < 4.78 is 0. The number of hydrogen-bond donors (Lipinski definition) is 1. The fourth-order valence-electron chi connectivity index (χ4n) is 3.55. The van der Waals surface area contributed by atoms with E-state index in [0.717, 1.165) is 6.54 Å². The van der Waals surface area contributed by atoms with E-state index < -0.39 is 0 Å². The molecular weight excluding hydrogens is 194 g/mol. The predicted octanol–water partition coefficient (Wildman–Crippen LogP) is 2.95. The average Bonchev–Trinajstić information content (AvgIpc) is 2.68. The summed E-state index contributed by atoms with van der Waals surface area (Å²) in [5.74, 6) is 0. The Hall–Kier alpha value is -0.820. The van der Waals surface area contributed by atoms with E-state index in [0.29, 0.717) is 5.41 Å². The molecule has 1 nitrogen and oxygen atoms in total. The van der Waals surface area contributed by atoms with Crippen LogP contribution < -0.4 is 5.32 Å². The van der Waals surface area contributed by atoms with Crippen molar-refractivity contribution in [3.8, 4) is 0 Å². The molecule has 1 heterocycles. The minimum Gasteiger partial charge on any atom is -0.316 e. The molecule has 1 aliphatic carbocycles. The normalized spacial score (nSPS) is 23.1. The van der Waals surface area contributed by atoms with Crippen molar-refractivity contribution in [2.24, 2.45) is 0 Å². The second kappa shape index (κ2) is 3.89. The van der Waals surface area contributed by atoms with Gasteiger partial charge in [0.05, 0.1) is 0 Å². The summed E-state index contributed by atoms with van der Waals surface area (Å²) in [5, 5.41) is 3.65. The molecule has 1 fully saturated rings. The first kappa shape index (κ1) is 10.3. The maximum absolute atomic E-state index is 3.65. The Balaban J connectivity index is 2.11. The molecule has 1 spiro atoms. The third-order valence-electron chi connectivity index (χ3n) is 4.43. The molecule has 86 valence electrons. The second-order valence-corrected chi connectivity index (χ2v) is 5.57. The molecule has 0 unspecified atom stereocenters. The molecule has 0 amide bonds. The molecule has 0 bridgehead atoms. The van der Waals surface area contributed by atoms with Crippen LogP contribution in [0.15, 0.2) is 18.2 Å². The molecule has 0 radical (unpaired) electrons. The quantitative estimate of drug-likeness (QED) is 0.701. The Kier molecular flexibility index (Phi) is 2.51. The van der Waals surface area contributed by atoms with E-state index in [9.17, 15) is 0 Å². The lowest BCUT2D eigenvalue weighted by molar-refractivity contribution is 0.418. The molecule has 1 N–H and O–H groups in total. The first-order valence-corrected chi connectivity index (χ1v) is 6.61. The van der Waals surface area contributed by atoms with E-state index in [2.05, 4.69) is 30.4 Å². The second-order valence-electron chi connectivity index (χ2n) is 5.57. The van der Waals surface area contributed by atoms with Gasteiger partial charge in [-0.1, -0.05) is 36.6 Å². The van der Waals surface area contributed by atoms with E-state index in [1.165, 1.54) is 44.2 Å². The van der Waals surface area contributed by atoms with Crippen LogP contribution in [0.4, 0.5) is 0 Å². The number of fused-ring (bicyclic) bond motifs is 2. The Bertz CT molecular complexity index is 388. The zero-order valence-electron chi connectivity index (χ0n) is 10.2. The van der Waals surface area contributed by atoms with Crippen LogP contribution >= 0.6 is 0 Å². The van der Waals surface area contributed by atoms with Crippen LogP contribution in [0, 0.1) is 6.92 Å². The van der Waals surface area contributed by atoms with Gasteiger partial charge < -0.3 is 5.32 Å². The first-order valence-electron chi connectivity index (χ1n) is 6.61. The number of rotatable bonds is 0. The molecule has 1 aliphatic heterocycles. The number of nitrogens with one attached hydrogen (secondary N) is 1. The highest BCUT2D eigenvalue weighted by molar-refractivity contribution is 5.40. The Morgan fingerprint density at radius 2 is 2.00 bits per heavy atom. The zero-order chi connectivity index (χ0) is 11.0. The Morgan fingerprint density at radius 1 is 1.19 bits per heavy atom. The van der Waals surface area contributed by atoms with Gasteiger partial charge in [0.2, 0.25) is 0 Å². The Labute approximate surface area is 98.3 Å². The van der Waals surface area contributed by atoms with Gasteiger partial charge in [-0.25, -0.2) is 0 Å². The van der Waals surface area contributed by atoms with Gasteiger partial charge in [0, 0.05) is 12.0 Å². The minimum absolute atomic E-state index is 0.470. The van der Waals surface area contributed by atoms with Crippen molar-refractivity contribution in [1.29, 1.82) is 0 Å². The predicted molar refractivity (Wildman–Crippen MR) is 67.9 cm³/mol. The van der Waals surface area contributed by atoms with Gasteiger partial charge in [0.1, 0.15) is 0 Å². The smallest absolute Gasteiger partial charge is 0.00806 e. The van der Waals surface area contributed by atoms with Gasteiger partial charge in [-0.15, -0.1) is 0 Å². The van der Waals surface area contributed by atoms with Crippen molar-refractivity contribution in [1.82, 2.24) is 5.32 Å². The SMILES string of the molecule is Cc1ccc2c(c1)C1(CCCC1)CNCC2. The monoisotopic (exact) mass is 215 g/mol. The molecule has 0 aromatic heterocycles. The maximum atomic E-state index is 3.65. The van der Waals surface area contributed by atoms with E-state index in [1.807, 2.05) is 0 Å². The maximum Gasteiger partial charge on any atom is 0.00806 e. The minimum atomic E-state index is 0.470. The summed E-state index contributed by atoms with van der Waals surface area (Å²) >= 11 is 0. The standard InChI is InChI=1S/C15H21N/c1-12-4-5-13-6-9-16-11-15(14(13)10-12)7-2-3-8-15/h4-5,10,16H,2-3,6-9,11H2,1H3. The molecule has 1 aromatic carbocycles. The van der Waals surface area contributed by atoms with Crippen molar-refractivity contribution in [3.05, 3.63) is 34.9 Å². The van der Waals surface area contributed by atoms with Gasteiger partial charge in [0.25, 0.3) is 0 Å². The van der Waals surface area contributed by atoms with E-state index in [4.69, 9.17) is 0 Å². The van der Waals surface area contributed by atoms with Crippen molar-refractivity contribution >= 4 is 0 Å². The molecule has 0 saturated heterocycles. The van der Waals surface area contributed by atoms with Crippen molar-refractivity contribution in [3.63, 3.8) is 0 Å². The first-order chi connectivity index (χ1) is 7.80. The third-order valence-corrected chi connectivity index (χ3v) is 4.43. The van der Waals surface area contributed by atoms with Crippen molar-refractivity contribution < 1.29 is 0 Å². The van der Waals surface area contributed by atoms with E-state index >= 15 is 0 Å². The number of hydrogen-bond acceptors (Lipinski definition) is 1. The third kappa shape index (κ3) is 1.58. The number of aryl methyl sites for hydroxylation is 1. The molecule has 1 heteroatoms. The van der Waals surface area contributed by atoms with E-state index in [1.54, 1.807) is 11.1 Å². The lowest BCUT2D eigenvalue weighted by Crippen LogP contribution is -2.34. The summed E-state index contributed by atoms with van der Waals surface area (Å²) in [4.78, 5) is 0. The van der Waals surface area contributed by atoms with Gasteiger partial charge in [-0.3, -0.25) is 0 Å². The largest absolute Gasteiger partial charge is 0.316 e. The lowest BCUT2D eigenvalue weighted by Gasteiger charge is -2.30. The molecule has 2 aliphatic rings. The Morgan fingerprint density at radius 3 is 2.81 bits per heavy atom. The van der Waals surface area contributed by atoms with Crippen LogP contribution in [0.2, 0.25) is 0 Å². The number of benzene rings is 1. The summed E-state index contributed by atoms with van der Waals surface area (Å²) in [6, 6.07) is 7.08. The van der Waals surface area contributed by atoms with Crippen molar-refractivity contribution in [2.45, 2.75) is 44.4 Å². The van der Waals surface area contributed by atoms with Gasteiger partial charge in [-0.05, 0) is 43.9 Å². The van der Waals surface area contributed by atoms with Crippen LogP contribution in [-0.2, 0) is 11.8 Å². The van der Waals surface area contributed by atoms with Crippen LogP contribution in [0.1, 0.15) is 42.4 Å². The van der Waals surface area contributed by atoms with Crippen LogP contribution in [-0.4, -0.2) is 13.1 Å². The summed E-state index contributed by atoms with van der Waals surface area (Å²) in [6.07, 6.45) is 6.80. The van der Waals surface area contributed by atoms with E-state index in [-0.39, 0.29) is 0 Å². The molecule has 0 atom stereocenters. The summed E-state index contributed by atoms with van der Waals surface area (Å²) in [5.41, 5.74) is 5.15. The summed E-state index contributed by atoms with van der Waals surface area (Å²) in [6.45, 7) is 4.57. The molecule has 1 saturated carbocycles. The highest BCUT2D eigenvalue weighted by Gasteiger charge is 2.37. The van der Waals surface area contributed by atoms with Crippen LogP contribution in [0.5, 0.6) is 0 Å². The van der Waals surface area contributed by atoms with Crippen LogP contribution in [0.3, 0.4) is 0 Å². The summed E-state index contributed by atoms with van der Waals surface area (Å²) in [7, 11) is 0. The highest BCUT2D eigenvalue weighted by Crippen LogP contribution is 2.43. The highest BCUT2D eigenvalue weighted by atomic mass is 14.9. The zero-order valence-corrected chi connectivity index (χ0v) is 10.2. The lowest BCUT2D eigenvalue weighted by atomic mass is 9.76. The molecular formula is C15H21N. The molecule has 16 heavy (non-hydrogen) atoms. The van der Waals surface area contributed by atoms with Crippen LogP contribution in [0.25, 0.3) is 0 Å². The fraction of sp³-hybridized carbons (Fsp3) is 0.600. The van der Waals surface area contributed by atoms with Crippen molar-refractivity contribution in [2.75, 3.05) is 13.1 Å². The average molecular weight is 215 g/mol. The van der Waals surface area contributed by atoms with Gasteiger partial charge in [-0.2, -0.15) is 0 Å².